The smallest absolute Gasteiger partial charge is 0.338 e. The first kappa shape index (κ1) is 24.4. The van der Waals surface area contributed by atoms with Crippen LogP contribution in [0.5, 0.6) is 0 Å². The predicted molar refractivity (Wildman–Crippen MR) is 119 cm³/mol. The number of fused-ring (bicyclic) bond motifs is 5. The van der Waals surface area contributed by atoms with Crippen LogP contribution in [0.2, 0.25) is 0 Å². The van der Waals surface area contributed by atoms with Crippen LogP contribution in [-0.2, 0) is 4.79 Å². The summed E-state index contributed by atoms with van der Waals surface area (Å²) in [6, 6.07) is 0. The Hall–Kier alpha value is -0.720. The summed E-state index contributed by atoms with van der Waals surface area (Å²) in [6.07, 6.45) is 2.51. The third-order valence-corrected chi connectivity index (χ3v) is 11.1. The molecule has 0 aromatic rings. The Morgan fingerprint density at radius 2 is 1.75 bits per heavy atom. The SMILES string of the molecule is CC[C@H]1[C@@H](O)C2C3CC[C@H]([C@H](C)C[C@H](F)C(=O)O)[C@@]3(C)[C@@H](O)CC2[C@@]2(C)CC[C@@H](O)C[C@@H]12. The minimum absolute atomic E-state index is 0.00313. The predicted octanol–water partition coefficient (Wildman–Crippen LogP) is 4.03. The van der Waals surface area contributed by atoms with Gasteiger partial charge in [0.2, 0.25) is 0 Å². The van der Waals surface area contributed by atoms with Gasteiger partial charge in [0.05, 0.1) is 18.3 Å². The molecule has 184 valence electrons. The molecule has 4 rings (SSSR count). The molecule has 0 aromatic carbocycles. The first-order chi connectivity index (χ1) is 15.0. The molecule has 0 aliphatic heterocycles. The number of carbonyl (C=O) groups is 1. The molecular weight excluding hydrogens is 411 g/mol. The van der Waals surface area contributed by atoms with Crippen molar-refractivity contribution in [3.63, 3.8) is 0 Å². The number of halogens is 1. The molecule has 13 atom stereocenters. The number of rotatable bonds is 5. The molecule has 0 heterocycles. The quantitative estimate of drug-likeness (QED) is 0.503. The van der Waals surface area contributed by atoms with Crippen LogP contribution < -0.4 is 0 Å². The molecule has 0 bridgehead atoms. The molecule has 0 spiro atoms. The number of carboxylic acid groups (broad SMARTS) is 1. The van der Waals surface area contributed by atoms with Crippen molar-refractivity contribution in [3.05, 3.63) is 0 Å². The van der Waals surface area contributed by atoms with Crippen molar-refractivity contribution in [2.45, 2.75) is 104 Å². The molecule has 0 amide bonds. The summed E-state index contributed by atoms with van der Waals surface area (Å²) in [5, 5.41) is 42.7. The van der Waals surface area contributed by atoms with Gasteiger partial charge in [0.25, 0.3) is 0 Å². The van der Waals surface area contributed by atoms with Crippen LogP contribution in [0.25, 0.3) is 0 Å². The number of aliphatic hydroxyl groups is 3. The topological polar surface area (TPSA) is 98.0 Å². The summed E-state index contributed by atoms with van der Waals surface area (Å²) in [5.41, 5.74) is -0.432. The Morgan fingerprint density at radius 1 is 1.06 bits per heavy atom. The molecule has 4 N–H and O–H groups in total. The van der Waals surface area contributed by atoms with E-state index in [0.29, 0.717) is 6.42 Å². The van der Waals surface area contributed by atoms with Crippen LogP contribution in [0.3, 0.4) is 0 Å². The van der Waals surface area contributed by atoms with E-state index in [9.17, 15) is 24.5 Å². The van der Waals surface area contributed by atoms with E-state index in [1.54, 1.807) is 0 Å². The number of hydrogen-bond donors (Lipinski definition) is 4. The number of carboxylic acids is 1. The maximum absolute atomic E-state index is 14.0. The Labute approximate surface area is 191 Å². The summed E-state index contributed by atoms with van der Waals surface area (Å²) in [5.74, 6) is -0.619. The largest absolute Gasteiger partial charge is 0.479 e. The van der Waals surface area contributed by atoms with Crippen LogP contribution >= 0.6 is 0 Å². The summed E-state index contributed by atoms with van der Waals surface area (Å²) >= 11 is 0. The van der Waals surface area contributed by atoms with Gasteiger partial charge < -0.3 is 20.4 Å². The Bertz CT molecular complexity index is 716. The van der Waals surface area contributed by atoms with Gasteiger partial charge in [0.15, 0.2) is 6.17 Å². The lowest BCUT2D eigenvalue weighted by Crippen LogP contribution is -2.65. The maximum atomic E-state index is 14.0. The van der Waals surface area contributed by atoms with Crippen molar-refractivity contribution in [3.8, 4) is 0 Å². The van der Waals surface area contributed by atoms with Crippen molar-refractivity contribution in [1.82, 2.24) is 0 Å². The Kier molecular flexibility index (Phi) is 6.48. The molecule has 4 fully saturated rings. The molecule has 0 radical (unpaired) electrons. The second kappa shape index (κ2) is 8.49. The highest BCUT2D eigenvalue weighted by atomic mass is 19.1. The fraction of sp³-hybridized carbons (Fsp3) is 0.962. The van der Waals surface area contributed by atoms with E-state index in [1.165, 1.54) is 0 Å². The van der Waals surface area contributed by atoms with Crippen molar-refractivity contribution in [2.75, 3.05) is 0 Å². The third-order valence-electron chi connectivity index (χ3n) is 11.1. The zero-order valence-corrected chi connectivity index (χ0v) is 20.1. The zero-order chi connectivity index (χ0) is 23.6. The lowest BCUT2D eigenvalue weighted by Gasteiger charge is -2.65. The van der Waals surface area contributed by atoms with E-state index in [4.69, 9.17) is 5.11 Å². The van der Waals surface area contributed by atoms with E-state index in [2.05, 4.69) is 20.8 Å². The Balaban J connectivity index is 1.66. The van der Waals surface area contributed by atoms with Gasteiger partial charge in [-0.2, -0.15) is 0 Å². The van der Waals surface area contributed by atoms with E-state index in [0.717, 1.165) is 38.5 Å². The van der Waals surface area contributed by atoms with Gasteiger partial charge >= 0.3 is 5.97 Å². The highest BCUT2D eigenvalue weighted by Gasteiger charge is 2.67. The van der Waals surface area contributed by atoms with Gasteiger partial charge in [-0.3, -0.25) is 0 Å². The van der Waals surface area contributed by atoms with Gasteiger partial charge in [0, 0.05) is 0 Å². The summed E-state index contributed by atoms with van der Waals surface area (Å²) in [7, 11) is 0. The third kappa shape index (κ3) is 3.46. The fourth-order valence-electron chi connectivity index (χ4n) is 9.48. The Morgan fingerprint density at radius 3 is 2.38 bits per heavy atom. The first-order valence-corrected chi connectivity index (χ1v) is 12.9. The van der Waals surface area contributed by atoms with Crippen molar-refractivity contribution in [1.29, 1.82) is 0 Å². The van der Waals surface area contributed by atoms with Crippen LogP contribution in [0.1, 0.15) is 79.1 Å². The van der Waals surface area contributed by atoms with Crippen LogP contribution in [0.15, 0.2) is 0 Å². The minimum atomic E-state index is -1.88. The maximum Gasteiger partial charge on any atom is 0.338 e. The van der Waals surface area contributed by atoms with Gasteiger partial charge in [0.1, 0.15) is 0 Å². The molecule has 4 aliphatic carbocycles. The van der Waals surface area contributed by atoms with Gasteiger partial charge in [-0.1, -0.05) is 34.1 Å². The molecule has 4 aliphatic rings. The summed E-state index contributed by atoms with van der Waals surface area (Å²) in [6.45, 7) is 8.52. The van der Waals surface area contributed by atoms with E-state index in [-0.39, 0.29) is 59.4 Å². The second-order valence-electron chi connectivity index (χ2n) is 12.2. The molecule has 32 heavy (non-hydrogen) atoms. The molecule has 3 unspecified atom stereocenters. The number of aliphatic carboxylic acids is 1. The van der Waals surface area contributed by atoms with E-state index < -0.39 is 29.8 Å². The van der Waals surface area contributed by atoms with Gasteiger partial charge in [-0.15, -0.1) is 0 Å². The average Bonchev–Trinajstić information content (AvgIpc) is 3.09. The first-order valence-electron chi connectivity index (χ1n) is 12.9. The van der Waals surface area contributed by atoms with Crippen LogP contribution in [-0.4, -0.2) is 50.9 Å². The molecule has 6 heteroatoms. The van der Waals surface area contributed by atoms with Crippen LogP contribution in [0.4, 0.5) is 4.39 Å². The van der Waals surface area contributed by atoms with Crippen molar-refractivity contribution in [2.24, 2.45) is 52.3 Å². The molecule has 4 saturated carbocycles. The number of alkyl halides is 1. The number of aliphatic hydroxyl groups excluding tert-OH is 3. The monoisotopic (exact) mass is 454 g/mol. The lowest BCUT2D eigenvalue weighted by atomic mass is 9.41. The fourth-order valence-corrected chi connectivity index (χ4v) is 9.48. The molecule has 0 saturated heterocycles. The lowest BCUT2D eigenvalue weighted by molar-refractivity contribution is -0.228. The standard InChI is InChI=1S/C26H43FO5/c1-5-15-18-11-14(28)8-9-25(18,3)19-12-21(29)26(4)16(13(2)10-20(27)24(31)32)6-7-17(26)22(19)23(15)30/h13-23,28-30H,5-12H2,1-4H3,(H,31,32)/t13-,14-,15-,16-,17?,18+,19?,20+,21+,22?,23-,25+,26-/m1/s1. The molecular formula is C26H43FO5. The minimum Gasteiger partial charge on any atom is -0.479 e. The van der Waals surface area contributed by atoms with E-state index >= 15 is 0 Å². The normalized spacial score (nSPS) is 52.4. The second-order valence-corrected chi connectivity index (χ2v) is 12.2. The molecule has 0 aromatic heterocycles. The van der Waals surface area contributed by atoms with Crippen molar-refractivity contribution < 1.29 is 29.6 Å². The van der Waals surface area contributed by atoms with Crippen LogP contribution in [0, 0.1) is 52.3 Å². The van der Waals surface area contributed by atoms with Crippen molar-refractivity contribution >= 4 is 5.97 Å². The van der Waals surface area contributed by atoms with E-state index in [1.807, 2.05) is 6.92 Å². The highest BCUT2D eigenvalue weighted by molar-refractivity contribution is 5.72. The highest BCUT2D eigenvalue weighted by Crippen LogP contribution is 2.69. The zero-order valence-electron chi connectivity index (χ0n) is 20.1. The van der Waals surface area contributed by atoms with Gasteiger partial charge in [-0.25, -0.2) is 9.18 Å². The summed E-state index contributed by atoms with van der Waals surface area (Å²) < 4.78 is 14.0. The summed E-state index contributed by atoms with van der Waals surface area (Å²) in [4.78, 5) is 11.1. The van der Waals surface area contributed by atoms with Gasteiger partial charge in [-0.05, 0) is 97.2 Å². The molecule has 5 nitrogen and oxygen atoms in total. The number of hydrogen-bond acceptors (Lipinski definition) is 4. The average molecular weight is 455 g/mol.